The summed E-state index contributed by atoms with van der Waals surface area (Å²) in [4.78, 5) is 18.4. The number of nitrogens with one attached hydrogen (secondary N) is 1. The molecule has 0 spiro atoms. The third kappa shape index (κ3) is 19.1. The number of hydrogen-bond donors (Lipinski definition) is 3. The molecule has 3 N–H and O–H groups in total. The van der Waals surface area contributed by atoms with Gasteiger partial charge in [0.05, 0.1) is 27.2 Å². The highest BCUT2D eigenvalue weighted by atomic mass is 31.2. The van der Waals surface area contributed by atoms with Crippen molar-refractivity contribution < 1.29 is 28.1 Å². The van der Waals surface area contributed by atoms with Crippen LogP contribution in [-0.2, 0) is 13.8 Å². The van der Waals surface area contributed by atoms with Gasteiger partial charge in [0, 0.05) is 19.6 Å². The molecule has 2 atom stereocenters. The predicted molar refractivity (Wildman–Crippen MR) is 111 cm³/mol. The van der Waals surface area contributed by atoms with Crippen LogP contribution in [-0.4, -0.2) is 73.9 Å². The first-order valence-corrected chi connectivity index (χ1v) is 12.0. The number of phosphoric ester groups is 1. The van der Waals surface area contributed by atoms with Crippen molar-refractivity contribution in [2.24, 2.45) is 0 Å². The van der Waals surface area contributed by atoms with Crippen LogP contribution in [0.4, 0.5) is 0 Å². The highest BCUT2D eigenvalue weighted by Gasteiger charge is 2.29. The zero-order valence-electron chi connectivity index (χ0n) is 18.2. The zero-order chi connectivity index (χ0) is 20.8. The fraction of sp³-hybridized carbons (Fsp3) is 1.00. The molecular weight excluding hydrogens is 367 g/mol. The van der Waals surface area contributed by atoms with Crippen molar-refractivity contribution in [2.75, 3.05) is 47.4 Å². The van der Waals surface area contributed by atoms with Gasteiger partial charge in [-0.25, -0.2) is 4.57 Å². The average Bonchev–Trinajstić information content (AvgIpc) is 2.50. The molecule has 164 valence electrons. The first-order chi connectivity index (χ1) is 12.6. The summed E-state index contributed by atoms with van der Waals surface area (Å²) in [7, 11) is 1.41. The summed E-state index contributed by atoms with van der Waals surface area (Å²) in [5, 5.41) is 3.42. The van der Waals surface area contributed by atoms with E-state index in [1.54, 1.807) is 0 Å². The molecule has 0 fully saturated rings. The minimum atomic E-state index is -4.52. The molecule has 0 aromatic heterocycles. The summed E-state index contributed by atoms with van der Waals surface area (Å²) < 4.78 is 22.7. The Kier molecular flexibility index (Phi) is 14.9. The number of phosphoric acid groups is 1. The predicted octanol–water partition coefficient (Wildman–Crippen LogP) is 3.31. The third-order valence-corrected chi connectivity index (χ3v) is 4.87. The number of ether oxygens (including phenoxy) is 1. The summed E-state index contributed by atoms with van der Waals surface area (Å²) >= 11 is 0. The van der Waals surface area contributed by atoms with Crippen LogP contribution in [0.2, 0.25) is 0 Å². The van der Waals surface area contributed by atoms with Crippen molar-refractivity contribution in [1.29, 1.82) is 0 Å². The van der Waals surface area contributed by atoms with Crippen molar-refractivity contribution >= 4 is 7.82 Å². The third-order valence-electron chi connectivity index (χ3n) is 4.30. The quantitative estimate of drug-likeness (QED) is 0.182. The van der Waals surface area contributed by atoms with E-state index in [4.69, 9.17) is 9.26 Å². The van der Waals surface area contributed by atoms with Gasteiger partial charge in [0.2, 0.25) is 0 Å². The normalized spacial score (nSPS) is 15.1. The molecule has 27 heavy (non-hydrogen) atoms. The van der Waals surface area contributed by atoms with Crippen molar-refractivity contribution in [1.82, 2.24) is 5.32 Å². The monoisotopic (exact) mass is 411 g/mol. The maximum atomic E-state index is 11.3. The Labute approximate surface area is 166 Å². The Balaban J connectivity index is 4.27. The molecule has 0 heterocycles. The minimum absolute atomic E-state index is 0.123. The number of quaternary nitrogens is 1. The van der Waals surface area contributed by atoms with E-state index >= 15 is 0 Å². The fourth-order valence-corrected chi connectivity index (χ4v) is 3.71. The summed E-state index contributed by atoms with van der Waals surface area (Å²) in [6, 6.07) is 0. The van der Waals surface area contributed by atoms with Crippen LogP contribution in [0.5, 0.6) is 0 Å². The smallest absolute Gasteiger partial charge is 0.377 e. The zero-order valence-corrected chi connectivity index (χ0v) is 19.0. The SMILES string of the molecule is CCCCCCCCCNCC(CC(C[N+](C)(C)C)OP(=O)(O)O)OCC. The standard InChI is InChI=1S/C19H43N2O5P/c1-6-8-9-10-11-12-13-14-20-16-18(25-7-2)15-19(17-21(3,4)5)26-27(22,23)24/h18-20H,6-17H2,1-5H3,(H-,22,23,24)/p+1. The van der Waals surface area contributed by atoms with Crippen LogP contribution in [0.15, 0.2) is 0 Å². The Morgan fingerprint density at radius 1 is 0.963 bits per heavy atom. The molecule has 0 aliphatic rings. The van der Waals surface area contributed by atoms with E-state index in [0.29, 0.717) is 30.6 Å². The number of nitrogens with zero attached hydrogens (tertiary/aromatic N) is 1. The van der Waals surface area contributed by atoms with E-state index in [1.807, 2.05) is 28.1 Å². The van der Waals surface area contributed by atoms with Gasteiger partial charge in [0.1, 0.15) is 12.6 Å². The molecule has 2 unspecified atom stereocenters. The Morgan fingerprint density at radius 2 is 1.56 bits per heavy atom. The number of rotatable bonds is 18. The van der Waals surface area contributed by atoms with Gasteiger partial charge in [0.25, 0.3) is 0 Å². The Hall–Kier alpha value is -0.0100. The van der Waals surface area contributed by atoms with E-state index in [-0.39, 0.29) is 6.10 Å². The molecule has 0 aromatic rings. The lowest BCUT2D eigenvalue weighted by Gasteiger charge is -2.31. The van der Waals surface area contributed by atoms with Crippen molar-refractivity contribution in [3.63, 3.8) is 0 Å². The van der Waals surface area contributed by atoms with Crippen LogP contribution >= 0.6 is 7.82 Å². The maximum Gasteiger partial charge on any atom is 0.470 e. The molecule has 0 bridgehead atoms. The molecule has 0 aromatic carbocycles. The lowest BCUT2D eigenvalue weighted by Crippen LogP contribution is -2.44. The van der Waals surface area contributed by atoms with Crippen LogP contribution in [0.3, 0.4) is 0 Å². The molecule has 0 aliphatic carbocycles. The molecule has 0 saturated heterocycles. The molecule has 0 amide bonds. The molecule has 8 heteroatoms. The number of hydrogen-bond acceptors (Lipinski definition) is 4. The molecule has 7 nitrogen and oxygen atoms in total. The highest BCUT2D eigenvalue weighted by Crippen LogP contribution is 2.39. The van der Waals surface area contributed by atoms with Gasteiger partial charge in [-0.3, -0.25) is 4.52 Å². The van der Waals surface area contributed by atoms with Crippen LogP contribution in [0.25, 0.3) is 0 Å². The van der Waals surface area contributed by atoms with Gasteiger partial charge in [-0.15, -0.1) is 0 Å². The Bertz CT molecular complexity index is 398. The molecular formula is C19H44N2O5P+. The van der Waals surface area contributed by atoms with E-state index < -0.39 is 13.9 Å². The van der Waals surface area contributed by atoms with Crippen LogP contribution < -0.4 is 5.32 Å². The fourth-order valence-electron chi connectivity index (χ4n) is 3.17. The summed E-state index contributed by atoms with van der Waals surface area (Å²) in [6.07, 6.45) is 8.72. The minimum Gasteiger partial charge on any atom is -0.377 e. The van der Waals surface area contributed by atoms with Gasteiger partial charge in [-0.2, -0.15) is 0 Å². The van der Waals surface area contributed by atoms with Gasteiger partial charge in [-0.05, 0) is 19.9 Å². The van der Waals surface area contributed by atoms with E-state index in [0.717, 1.165) is 13.0 Å². The lowest BCUT2D eigenvalue weighted by atomic mass is 10.1. The van der Waals surface area contributed by atoms with Crippen molar-refractivity contribution in [3.8, 4) is 0 Å². The topological polar surface area (TPSA) is 88.0 Å². The second-order valence-electron chi connectivity index (χ2n) is 8.33. The second-order valence-corrected chi connectivity index (χ2v) is 9.52. The summed E-state index contributed by atoms with van der Waals surface area (Å²) in [6.45, 7) is 6.85. The number of likely N-dealkylation sites (N-methyl/N-ethyl adjacent to an activating group) is 1. The molecule has 0 rings (SSSR count). The van der Waals surface area contributed by atoms with Crippen molar-refractivity contribution in [3.05, 3.63) is 0 Å². The van der Waals surface area contributed by atoms with Gasteiger partial charge in [-0.1, -0.05) is 45.4 Å². The Morgan fingerprint density at radius 3 is 2.07 bits per heavy atom. The summed E-state index contributed by atoms with van der Waals surface area (Å²) in [5.41, 5.74) is 0. The largest absolute Gasteiger partial charge is 0.470 e. The molecule has 0 aliphatic heterocycles. The van der Waals surface area contributed by atoms with E-state index in [1.165, 1.54) is 38.5 Å². The molecule has 0 saturated carbocycles. The first kappa shape index (κ1) is 27.0. The van der Waals surface area contributed by atoms with Gasteiger partial charge >= 0.3 is 7.82 Å². The van der Waals surface area contributed by atoms with Crippen LogP contribution in [0, 0.1) is 0 Å². The highest BCUT2D eigenvalue weighted by molar-refractivity contribution is 7.46. The first-order valence-electron chi connectivity index (χ1n) is 10.4. The van der Waals surface area contributed by atoms with Crippen LogP contribution in [0.1, 0.15) is 65.2 Å². The van der Waals surface area contributed by atoms with Crippen molar-refractivity contribution in [2.45, 2.75) is 77.4 Å². The summed E-state index contributed by atoms with van der Waals surface area (Å²) in [5.74, 6) is 0. The second kappa shape index (κ2) is 14.9. The maximum absolute atomic E-state index is 11.3. The van der Waals surface area contributed by atoms with Gasteiger partial charge < -0.3 is 24.3 Å². The lowest BCUT2D eigenvalue weighted by molar-refractivity contribution is -0.873. The molecule has 0 radical (unpaired) electrons. The van der Waals surface area contributed by atoms with E-state index in [2.05, 4.69) is 12.2 Å². The van der Waals surface area contributed by atoms with E-state index in [9.17, 15) is 14.4 Å². The average molecular weight is 412 g/mol. The van der Waals surface area contributed by atoms with Gasteiger partial charge in [0.15, 0.2) is 0 Å². The number of unbranched alkanes of at least 4 members (excludes halogenated alkanes) is 6.